The van der Waals surface area contributed by atoms with Gasteiger partial charge in [-0.05, 0) is 42.1 Å². The van der Waals surface area contributed by atoms with Crippen LogP contribution in [0.5, 0.6) is 0 Å². The highest BCUT2D eigenvalue weighted by atomic mass is 35.5. The largest absolute Gasteiger partial charge is 0.333 e. The summed E-state index contributed by atoms with van der Waals surface area (Å²) in [5.41, 5.74) is 3.01. The van der Waals surface area contributed by atoms with E-state index in [1.54, 1.807) is 17.4 Å². The highest BCUT2D eigenvalue weighted by Crippen LogP contribution is 2.24. The number of thiophene rings is 1. The minimum Gasteiger partial charge on any atom is -0.333 e. The van der Waals surface area contributed by atoms with Gasteiger partial charge in [-0.3, -0.25) is 9.48 Å². The van der Waals surface area contributed by atoms with Crippen LogP contribution in [0.1, 0.15) is 17.0 Å². The lowest BCUT2D eigenvalue weighted by Crippen LogP contribution is -2.29. The van der Waals surface area contributed by atoms with Crippen molar-refractivity contribution < 1.29 is 4.79 Å². The molecule has 1 aromatic carbocycles. The van der Waals surface area contributed by atoms with E-state index in [-0.39, 0.29) is 5.91 Å². The molecule has 0 aliphatic carbocycles. The van der Waals surface area contributed by atoms with Gasteiger partial charge in [0.15, 0.2) is 0 Å². The van der Waals surface area contributed by atoms with Crippen LogP contribution in [0, 0.1) is 0 Å². The van der Waals surface area contributed by atoms with Gasteiger partial charge < -0.3 is 4.90 Å². The molecule has 1 amide bonds. The molecule has 0 fully saturated rings. The second-order valence-electron chi connectivity index (χ2n) is 6.21. The number of aromatic nitrogens is 2. The molecule has 0 unspecified atom stereocenters. The Hall–Kier alpha value is -2.37. The van der Waals surface area contributed by atoms with E-state index in [1.165, 1.54) is 0 Å². The highest BCUT2D eigenvalue weighted by Gasteiger charge is 2.19. The Kier molecular flexibility index (Phi) is 4.91. The number of carbonyl (C=O) groups excluding carboxylic acids is 1. The molecule has 1 aliphatic rings. The monoisotopic (exact) mass is 383 g/mol. The first-order chi connectivity index (χ1) is 12.7. The lowest BCUT2D eigenvalue weighted by molar-refractivity contribution is -0.126. The quantitative estimate of drug-likeness (QED) is 0.614. The smallest absolute Gasteiger partial charge is 0.246 e. The van der Waals surface area contributed by atoms with E-state index >= 15 is 0 Å². The summed E-state index contributed by atoms with van der Waals surface area (Å²) in [7, 11) is 0. The van der Waals surface area contributed by atoms with Crippen LogP contribution in [0.3, 0.4) is 0 Å². The molecule has 0 saturated carbocycles. The molecule has 4 rings (SSSR count). The van der Waals surface area contributed by atoms with Crippen LogP contribution in [0.2, 0.25) is 5.02 Å². The number of fused-ring (bicyclic) bond motifs is 1. The number of aryl methyl sites for hydroxylation is 1. The number of rotatable bonds is 3. The van der Waals surface area contributed by atoms with Crippen LogP contribution < -0.4 is 0 Å². The van der Waals surface area contributed by atoms with E-state index in [0.29, 0.717) is 11.6 Å². The van der Waals surface area contributed by atoms with Crippen LogP contribution in [0.4, 0.5) is 0 Å². The molecule has 2 aromatic heterocycles. The number of hydrogen-bond donors (Lipinski definition) is 0. The Labute approximate surface area is 161 Å². The van der Waals surface area contributed by atoms with E-state index in [2.05, 4.69) is 6.07 Å². The third-order valence-corrected chi connectivity index (χ3v) is 5.49. The minimum absolute atomic E-state index is 0.0427. The molecule has 3 aromatic rings. The summed E-state index contributed by atoms with van der Waals surface area (Å²) in [6.07, 6.45) is 4.44. The van der Waals surface area contributed by atoms with Crippen molar-refractivity contribution in [1.29, 1.82) is 0 Å². The molecule has 0 bridgehead atoms. The van der Waals surface area contributed by atoms with Gasteiger partial charge in [0.1, 0.15) is 0 Å². The fraction of sp³-hybridized carbons (Fsp3) is 0.200. The van der Waals surface area contributed by atoms with Gasteiger partial charge in [-0.15, -0.1) is 11.3 Å². The topological polar surface area (TPSA) is 38.1 Å². The first-order valence-electron chi connectivity index (χ1n) is 8.52. The average Bonchev–Trinajstić information content (AvgIpc) is 3.26. The van der Waals surface area contributed by atoms with Crippen LogP contribution >= 0.6 is 22.9 Å². The molecule has 0 N–H and O–H groups in total. The molecule has 1 aliphatic heterocycles. The van der Waals surface area contributed by atoms with Gasteiger partial charge in [0.2, 0.25) is 5.91 Å². The highest BCUT2D eigenvalue weighted by molar-refractivity contribution is 7.10. The number of amides is 1. The number of benzene rings is 1. The van der Waals surface area contributed by atoms with Crippen LogP contribution in [-0.4, -0.2) is 27.1 Å². The third-order valence-electron chi connectivity index (χ3n) is 4.40. The summed E-state index contributed by atoms with van der Waals surface area (Å²) < 4.78 is 2.01. The molecule has 26 heavy (non-hydrogen) atoms. The average molecular weight is 384 g/mol. The summed E-state index contributed by atoms with van der Waals surface area (Å²) in [4.78, 5) is 15.5. The SMILES string of the molecule is O=C(/C=C/c1cccs1)N1CCCn2nc(-c3ccc(Cl)cc3)cc2C1. The van der Waals surface area contributed by atoms with Gasteiger partial charge in [0, 0.05) is 34.6 Å². The fourth-order valence-corrected chi connectivity index (χ4v) is 3.80. The van der Waals surface area contributed by atoms with Crippen molar-refractivity contribution in [2.45, 2.75) is 19.5 Å². The Morgan fingerprint density at radius 2 is 2.04 bits per heavy atom. The van der Waals surface area contributed by atoms with E-state index in [4.69, 9.17) is 16.7 Å². The van der Waals surface area contributed by atoms with Crippen molar-refractivity contribution in [2.24, 2.45) is 0 Å². The van der Waals surface area contributed by atoms with Gasteiger partial charge in [0.25, 0.3) is 0 Å². The zero-order chi connectivity index (χ0) is 17.9. The fourth-order valence-electron chi connectivity index (χ4n) is 3.06. The van der Waals surface area contributed by atoms with Gasteiger partial charge in [0.05, 0.1) is 17.9 Å². The number of carbonyl (C=O) groups is 1. The van der Waals surface area contributed by atoms with E-state index in [9.17, 15) is 4.79 Å². The maximum Gasteiger partial charge on any atom is 0.246 e. The van der Waals surface area contributed by atoms with E-state index < -0.39 is 0 Å². The van der Waals surface area contributed by atoms with E-state index in [1.807, 2.05) is 57.4 Å². The van der Waals surface area contributed by atoms with Gasteiger partial charge in [-0.25, -0.2) is 0 Å². The van der Waals surface area contributed by atoms with Gasteiger partial charge >= 0.3 is 0 Å². The molecule has 0 atom stereocenters. The molecular weight excluding hydrogens is 366 g/mol. The first kappa shape index (κ1) is 17.1. The molecule has 0 spiro atoms. The lowest BCUT2D eigenvalue weighted by atomic mass is 10.1. The molecule has 0 radical (unpaired) electrons. The Morgan fingerprint density at radius 3 is 2.81 bits per heavy atom. The van der Waals surface area contributed by atoms with Crippen molar-refractivity contribution in [2.75, 3.05) is 6.54 Å². The van der Waals surface area contributed by atoms with Crippen molar-refractivity contribution in [3.63, 3.8) is 0 Å². The van der Waals surface area contributed by atoms with Crippen molar-refractivity contribution in [3.05, 3.63) is 69.5 Å². The summed E-state index contributed by atoms with van der Waals surface area (Å²) in [5, 5.41) is 7.43. The summed E-state index contributed by atoms with van der Waals surface area (Å²) in [6.45, 7) is 2.14. The summed E-state index contributed by atoms with van der Waals surface area (Å²) >= 11 is 7.59. The Balaban J connectivity index is 1.52. The maximum atomic E-state index is 12.6. The molecule has 0 saturated heterocycles. The summed E-state index contributed by atoms with van der Waals surface area (Å²) in [6, 6.07) is 13.7. The Morgan fingerprint density at radius 1 is 1.19 bits per heavy atom. The molecule has 4 nitrogen and oxygen atoms in total. The standard InChI is InChI=1S/C20H18ClN3OS/c21-16-6-4-15(5-7-16)19-13-17-14-23(10-2-11-24(17)22-19)20(25)9-8-18-3-1-12-26-18/h1,3-9,12-13H,2,10-11,14H2/b9-8+. The zero-order valence-electron chi connectivity index (χ0n) is 14.1. The van der Waals surface area contributed by atoms with Crippen LogP contribution in [0.15, 0.2) is 53.9 Å². The minimum atomic E-state index is 0.0427. The summed E-state index contributed by atoms with van der Waals surface area (Å²) in [5.74, 6) is 0.0427. The number of hydrogen-bond acceptors (Lipinski definition) is 3. The predicted molar refractivity (Wildman–Crippen MR) is 106 cm³/mol. The zero-order valence-corrected chi connectivity index (χ0v) is 15.7. The molecule has 3 heterocycles. The van der Waals surface area contributed by atoms with Crippen molar-refractivity contribution in [1.82, 2.24) is 14.7 Å². The van der Waals surface area contributed by atoms with Gasteiger partial charge in [-0.2, -0.15) is 5.10 Å². The second-order valence-corrected chi connectivity index (χ2v) is 7.63. The van der Waals surface area contributed by atoms with Crippen molar-refractivity contribution >= 4 is 34.9 Å². The Bertz CT molecular complexity index is 929. The van der Waals surface area contributed by atoms with Crippen LogP contribution in [-0.2, 0) is 17.9 Å². The van der Waals surface area contributed by atoms with Crippen LogP contribution in [0.25, 0.3) is 17.3 Å². The normalized spacial score (nSPS) is 14.4. The van der Waals surface area contributed by atoms with Crippen molar-refractivity contribution in [3.8, 4) is 11.3 Å². The number of halogens is 1. The molecular formula is C20H18ClN3OS. The van der Waals surface area contributed by atoms with E-state index in [0.717, 1.165) is 41.3 Å². The molecule has 6 heteroatoms. The second kappa shape index (κ2) is 7.48. The number of nitrogens with zero attached hydrogens (tertiary/aromatic N) is 3. The maximum absolute atomic E-state index is 12.6. The molecule has 132 valence electrons. The van der Waals surface area contributed by atoms with Gasteiger partial charge in [-0.1, -0.05) is 29.8 Å². The predicted octanol–water partition coefficient (Wildman–Crippen LogP) is 4.71. The lowest BCUT2D eigenvalue weighted by Gasteiger charge is -2.17. The first-order valence-corrected chi connectivity index (χ1v) is 9.78. The third kappa shape index (κ3) is 3.74.